The third kappa shape index (κ3) is 15.0. The number of hydrogen-bond donors (Lipinski definition) is 0. The van der Waals surface area contributed by atoms with Crippen LogP contribution >= 0.6 is 0 Å². The molecule has 0 saturated carbocycles. The lowest BCUT2D eigenvalue weighted by Crippen LogP contribution is -2.49. The molecule has 0 atom stereocenters. The summed E-state index contributed by atoms with van der Waals surface area (Å²) < 4.78 is 68.5. The maximum Gasteiger partial charge on any atom is 0.500 e. The van der Waals surface area contributed by atoms with Gasteiger partial charge in [0.2, 0.25) is 5.91 Å². The quantitative estimate of drug-likeness (QED) is 0.0809. The van der Waals surface area contributed by atoms with E-state index in [1.165, 1.54) is 0 Å². The maximum absolute atomic E-state index is 12.5. The third-order valence-electron chi connectivity index (χ3n) is 7.69. The van der Waals surface area contributed by atoms with Gasteiger partial charge in [-0.05, 0) is 26.2 Å². The molecule has 0 spiro atoms. The topological polar surface area (TPSA) is 131 Å². The molecule has 0 unspecified atom stereocenters. The summed E-state index contributed by atoms with van der Waals surface area (Å²) in [6.45, 7) is 6.78. The van der Waals surface area contributed by atoms with Crippen molar-refractivity contribution >= 4 is 32.3 Å². The van der Waals surface area contributed by atoms with Crippen LogP contribution in [0.25, 0.3) is 0 Å². The molecule has 0 aliphatic rings. The summed E-state index contributed by atoms with van der Waals surface area (Å²) in [5.74, 6) is -0.0277. The molecule has 264 valence electrons. The fraction of sp³-hybridized carbons (Fsp3) is 0.963. The van der Waals surface area contributed by atoms with Crippen molar-refractivity contribution in [2.24, 2.45) is 5.41 Å². The average molecular weight is 692 g/mol. The zero-order valence-electron chi connectivity index (χ0n) is 29.2. The Balaban J connectivity index is 5.67. The minimum atomic E-state index is -2.71. The van der Waals surface area contributed by atoms with Gasteiger partial charge in [0.05, 0.1) is 25.2 Å². The Morgan fingerprint density at radius 1 is 0.545 bits per heavy atom. The summed E-state index contributed by atoms with van der Waals surface area (Å²) in [4.78, 5) is 14.3. The van der Waals surface area contributed by atoms with Crippen LogP contribution < -0.4 is 0 Å². The summed E-state index contributed by atoms with van der Waals surface area (Å²) in [6.07, 6.45) is 2.04. The first-order chi connectivity index (χ1) is 21.0. The molecule has 0 aromatic heterocycles. The molecule has 0 fully saturated rings. The van der Waals surface area contributed by atoms with E-state index in [1.54, 1.807) is 75.8 Å². The van der Waals surface area contributed by atoms with Crippen LogP contribution in [0.2, 0.25) is 18.1 Å². The Morgan fingerprint density at radius 3 is 1.02 bits per heavy atom. The molecule has 0 aliphatic carbocycles. The van der Waals surface area contributed by atoms with Gasteiger partial charge in [-0.3, -0.25) is 4.79 Å². The van der Waals surface area contributed by atoms with Crippen LogP contribution in [-0.2, 0) is 58.8 Å². The molecular formula is C27H61NO13Si3. The highest BCUT2D eigenvalue weighted by atomic mass is 28.4. The number of carbonyl (C=O) groups excluding carboxylic acids is 1. The lowest BCUT2D eigenvalue weighted by atomic mass is 9.90. The van der Waals surface area contributed by atoms with Crippen molar-refractivity contribution in [1.82, 2.24) is 4.90 Å². The molecule has 0 rings (SSSR count). The highest BCUT2D eigenvalue weighted by Gasteiger charge is 2.40. The van der Waals surface area contributed by atoms with E-state index in [2.05, 4.69) is 0 Å². The zero-order valence-corrected chi connectivity index (χ0v) is 32.2. The molecule has 0 aromatic carbocycles. The fourth-order valence-corrected chi connectivity index (χ4v) is 9.89. The van der Waals surface area contributed by atoms with E-state index in [1.807, 2.05) is 6.92 Å². The summed E-state index contributed by atoms with van der Waals surface area (Å²) in [7, 11) is 6.23. The average Bonchev–Trinajstić information content (AvgIpc) is 3.05. The first kappa shape index (κ1) is 43.6. The fourth-order valence-electron chi connectivity index (χ4n) is 4.82. The normalized spacial score (nSPS) is 13.1. The van der Waals surface area contributed by atoms with Gasteiger partial charge in [-0.25, -0.2) is 0 Å². The molecule has 1 amide bonds. The summed E-state index contributed by atoms with van der Waals surface area (Å²) in [5, 5.41) is 0. The lowest BCUT2D eigenvalue weighted by molar-refractivity contribution is -0.135. The Hall–Kier alpha value is -0.359. The maximum atomic E-state index is 12.5. The predicted molar refractivity (Wildman–Crippen MR) is 171 cm³/mol. The molecule has 0 aliphatic heterocycles. The van der Waals surface area contributed by atoms with Crippen LogP contribution in [0.4, 0.5) is 0 Å². The van der Waals surface area contributed by atoms with Crippen molar-refractivity contribution in [1.29, 1.82) is 0 Å². The van der Waals surface area contributed by atoms with Crippen LogP contribution in [0.5, 0.6) is 0 Å². The van der Waals surface area contributed by atoms with E-state index in [0.717, 1.165) is 0 Å². The second-order valence-electron chi connectivity index (χ2n) is 10.4. The standard InChI is InChI=1S/C27H61NO13Si3/c1-12-28(26(2)29)22-27(23-39-16-13-19-42(30-3,31-4)32-5,24-40-17-14-20-43(33-6,34-7)35-8)25-41-18-15-21-44(36-9,37-10)38-11/h12-25H2,1-11H3. The molecule has 44 heavy (non-hydrogen) atoms. The Labute approximate surface area is 269 Å². The third-order valence-corrected chi connectivity index (χ3v) is 16.2. The molecule has 0 aromatic rings. The monoisotopic (exact) mass is 691 g/mol. The number of rotatable bonds is 30. The van der Waals surface area contributed by atoms with Crippen molar-refractivity contribution < 1.29 is 58.8 Å². The van der Waals surface area contributed by atoms with Crippen molar-refractivity contribution in [3.63, 3.8) is 0 Å². The molecule has 0 N–H and O–H groups in total. The van der Waals surface area contributed by atoms with Crippen molar-refractivity contribution in [2.75, 3.05) is 117 Å². The summed E-state index contributed by atoms with van der Waals surface area (Å²) >= 11 is 0. The van der Waals surface area contributed by atoms with E-state index < -0.39 is 31.8 Å². The smallest absolute Gasteiger partial charge is 0.381 e. The number of nitrogens with zero attached hydrogens (tertiary/aromatic N) is 1. The molecule has 0 bridgehead atoms. The molecule has 14 nitrogen and oxygen atoms in total. The number of ether oxygens (including phenoxy) is 3. The van der Waals surface area contributed by atoms with Gasteiger partial charge in [-0.1, -0.05) is 0 Å². The minimum Gasteiger partial charge on any atom is -0.381 e. The van der Waals surface area contributed by atoms with Crippen LogP contribution in [0.1, 0.15) is 33.1 Å². The van der Waals surface area contributed by atoms with E-state index in [4.69, 9.17) is 54.0 Å². The lowest BCUT2D eigenvalue weighted by Gasteiger charge is -2.37. The largest absolute Gasteiger partial charge is 0.500 e. The molecule has 0 saturated heterocycles. The summed E-state index contributed by atoms with van der Waals surface area (Å²) in [5.41, 5.74) is -0.628. The first-order valence-electron chi connectivity index (χ1n) is 15.0. The Bertz CT molecular complexity index is 630. The van der Waals surface area contributed by atoms with Crippen LogP contribution in [-0.4, -0.2) is 154 Å². The summed E-state index contributed by atoms with van der Waals surface area (Å²) in [6, 6.07) is 1.83. The van der Waals surface area contributed by atoms with Gasteiger partial charge < -0.3 is 58.9 Å². The highest BCUT2D eigenvalue weighted by molar-refractivity contribution is 6.61. The van der Waals surface area contributed by atoms with E-state index in [-0.39, 0.29) is 5.91 Å². The van der Waals surface area contributed by atoms with Crippen LogP contribution in [0.3, 0.4) is 0 Å². The van der Waals surface area contributed by atoms with Gasteiger partial charge in [0.25, 0.3) is 0 Å². The Kier molecular flexibility index (Phi) is 23.7. The van der Waals surface area contributed by atoms with Gasteiger partial charge in [-0.2, -0.15) is 0 Å². The SMILES string of the molecule is CCN(CC(COCCC[Si](OC)(OC)OC)(COCCC[Si](OC)(OC)OC)COCCC[Si](OC)(OC)OC)C(C)=O. The molecule has 0 heterocycles. The second-order valence-corrected chi connectivity index (χ2v) is 19.7. The van der Waals surface area contributed by atoms with Crippen LogP contribution in [0.15, 0.2) is 0 Å². The second kappa shape index (κ2) is 23.9. The highest BCUT2D eigenvalue weighted by Crippen LogP contribution is 2.25. The molecular weight excluding hydrogens is 631 g/mol. The van der Waals surface area contributed by atoms with Crippen molar-refractivity contribution in [3.8, 4) is 0 Å². The van der Waals surface area contributed by atoms with Crippen molar-refractivity contribution in [3.05, 3.63) is 0 Å². The Morgan fingerprint density at radius 2 is 0.818 bits per heavy atom. The number of hydrogen-bond acceptors (Lipinski definition) is 13. The van der Waals surface area contributed by atoms with E-state index >= 15 is 0 Å². The van der Waals surface area contributed by atoms with Gasteiger partial charge in [0.15, 0.2) is 0 Å². The number of amides is 1. The van der Waals surface area contributed by atoms with Gasteiger partial charge in [-0.15, -0.1) is 0 Å². The van der Waals surface area contributed by atoms with Crippen molar-refractivity contribution in [2.45, 2.75) is 51.2 Å². The van der Waals surface area contributed by atoms with E-state index in [0.29, 0.717) is 90.1 Å². The van der Waals surface area contributed by atoms with E-state index in [9.17, 15) is 4.79 Å². The van der Waals surface area contributed by atoms with Gasteiger partial charge in [0.1, 0.15) is 0 Å². The van der Waals surface area contributed by atoms with Gasteiger partial charge >= 0.3 is 26.4 Å². The first-order valence-corrected chi connectivity index (χ1v) is 20.8. The predicted octanol–water partition coefficient (Wildman–Crippen LogP) is 2.70. The molecule has 17 heteroatoms. The number of carbonyl (C=O) groups is 1. The van der Waals surface area contributed by atoms with Crippen LogP contribution in [0, 0.1) is 5.41 Å². The van der Waals surface area contributed by atoms with Gasteiger partial charge in [0, 0.05) is 122 Å². The molecule has 0 radical (unpaired) electrons. The zero-order chi connectivity index (χ0) is 33.5. The minimum absolute atomic E-state index is 0.0277.